The van der Waals surface area contributed by atoms with E-state index >= 15 is 0 Å². The number of fused-ring (bicyclic) bond motifs is 4. The summed E-state index contributed by atoms with van der Waals surface area (Å²) in [7, 11) is 3.28. The zero-order valence-corrected chi connectivity index (χ0v) is 23.3. The number of rotatable bonds is 2. The molecule has 0 aromatic rings. The number of carbonyl (C=O) groups is 1. The van der Waals surface area contributed by atoms with Gasteiger partial charge < -0.3 is 5.11 Å². The van der Waals surface area contributed by atoms with Crippen molar-refractivity contribution in [3.8, 4) is 0 Å². The Morgan fingerprint density at radius 2 is 1.71 bits per heavy atom. The van der Waals surface area contributed by atoms with Crippen LogP contribution in [0, 0.1) is 11.3 Å². The predicted molar refractivity (Wildman–Crippen MR) is 142 cm³/mol. The number of aliphatic carboxylic acids is 1. The molecular formula is C26H47IN2O2. The fraction of sp³-hybridized carbons (Fsp3) is 0.808. The number of hydrogen-bond donors (Lipinski definition) is 1. The molecule has 5 rings (SSSR count). The van der Waals surface area contributed by atoms with E-state index in [1.165, 1.54) is 75.1 Å². The first kappa shape index (κ1) is 30.3. The van der Waals surface area contributed by atoms with Gasteiger partial charge in [0.15, 0.2) is 0 Å². The summed E-state index contributed by atoms with van der Waals surface area (Å²) in [6.45, 7) is 10.3. The fourth-order valence-electron chi connectivity index (χ4n) is 4.46. The van der Waals surface area contributed by atoms with E-state index in [4.69, 9.17) is 9.90 Å². The van der Waals surface area contributed by atoms with Crippen molar-refractivity contribution < 1.29 is 9.90 Å². The van der Waals surface area contributed by atoms with Crippen molar-refractivity contribution in [3.05, 3.63) is 22.3 Å². The topological polar surface area (TPSA) is 62.0 Å². The van der Waals surface area contributed by atoms with Crippen molar-refractivity contribution in [3.63, 3.8) is 0 Å². The quantitative estimate of drug-likeness (QED) is 0.163. The van der Waals surface area contributed by atoms with Crippen LogP contribution in [0.2, 0.25) is 0 Å². The highest BCUT2D eigenvalue weighted by Crippen LogP contribution is 2.52. The normalized spacial score (nSPS) is 21.9. The van der Waals surface area contributed by atoms with Crippen LogP contribution in [-0.2, 0) is 4.79 Å². The first-order valence-corrected chi connectivity index (χ1v) is 13.5. The molecule has 2 bridgehead atoms. The van der Waals surface area contributed by atoms with Crippen LogP contribution in [0.5, 0.6) is 0 Å². The van der Waals surface area contributed by atoms with Crippen LogP contribution in [0.1, 0.15) is 105 Å². The lowest BCUT2D eigenvalue weighted by Crippen LogP contribution is -2.26. The van der Waals surface area contributed by atoms with Crippen LogP contribution < -0.4 is 0 Å². The van der Waals surface area contributed by atoms with Crippen molar-refractivity contribution in [2.24, 2.45) is 21.6 Å². The third-order valence-electron chi connectivity index (χ3n) is 6.32. The molecule has 0 heterocycles. The molecule has 1 atom stereocenters. The van der Waals surface area contributed by atoms with Crippen LogP contribution in [0.4, 0.5) is 0 Å². The first-order chi connectivity index (χ1) is 14.7. The zero-order chi connectivity index (χ0) is 23.9. The van der Waals surface area contributed by atoms with Crippen molar-refractivity contribution in [2.75, 3.05) is 18.5 Å². The second-order valence-corrected chi connectivity index (χ2v) is 10.4. The molecule has 4 nitrogen and oxygen atoms in total. The predicted octanol–water partition coefficient (Wildman–Crippen LogP) is 8.80. The van der Waals surface area contributed by atoms with Crippen molar-refractivity contribution in [1.29, 1.82) is 0 Å². The Morgan fingerprint density at radius 1 is 1.16 bits per heavy atom. The van der Waals surface area contributed by atoms with Gasteiger partial charge in [-0.25, -0.2) is 0 Å². The van der Waals surface area contributed by atoms with Gasteiger partial charge in [0.05, 0.1) is 0 Å². The number of allylic oxidation sites excluding steroid dienone is 4. The third kappa shape index (κ3) is 13.4. The lowest BCUT2D eigenvalue weighted by Gasteiger charge is -2.40. The maximum absolute atomic E-state index is 9.00. The van der Waals surface area contributed by atoms with E-state index in [9.17, 15) is 0 Å². The van der Waals surface area contributed by atoms with Gasteiger partial charge in [-0.1, -0.05) is 65.7 Å². The summed E-state index contributed by atoms with van der Waals surface area (Å²) in [5, 5.41) is 14.1. The number of halogens is 1. The van der Waals surface area contributed by atoms with Crippen molar-refractivity contribution in [2.45, 2.75) is 105 Å². The molecule has 180 valence electrons. The number of hydrogen-bond acceptors (Lipinski definition) is 3. The average molecular weight is 547 g/mol. The molecule has 0 aliphatic heterocycles. The Hall–Kier alpha value is -0.720. The highest BCUT2D eigenvalue weighted by atomic mass is 127. The van der Waals surface area contributed by atoms with Gasteiger partial charge >= 0.3 is 0 Å². The van der Waals surface area contributed by atoms with E-state index in [0.29, 0.717) is 0 Å². The Labute approximate surface area is 205 Å². The van der Waals surface area contributed by atoms with Crippen LogP contribution in [-0.4, -0.2) is 29.6 Å². The molecule has 5 aliphatic carbocycles. The van der Waals surface area contributed by atoms with Crippen molar-refractivity contribution in [1.82, 2.24) is 0 Å². The van der Waals surface area contributed by atoms with E-state index < -0.39 is 5.97 Å². The largest absolute Gasteiger partial charge is 0.481 e. The SMILES string of the molecule is CC(=O)O.CC1=C2CC(C)(CCC1)C2.CCC1=C2CC2CCC1.CCCI.CN=NC. The summed E-state index contributed by atoms with van der Waals surface area (Å²) < 4.78 is 1.29. The highest BCUT2D eigenvalue weighted by Gasteiger charge is 2.38. The molecule has 31 heavy (non-hydrogen) atoms. The van der Waals surface area contributed by atoms with Crippen LogP contribution in [0.3, 0.4) is 0 Å². The van der Waals surface area contributed by atoms with E-state index in [1.807, 2.05) is 5.57 Å². The molecule has 2 saturated carbocycles. The summed E-state index contributed by atoms with van der Waals surface area (Å²) in [5.74, 6) is 0.230. The van der Waals surface area contributed by atoms with Gasteiger partial charge in [0.25, 0.3) is 5.97 Å². The Bertz CT molecular complexity index is 605. The summed E-state index contributed by atoms with van der Waals surface area (Å²) in [4.78, 5) is 9.00. The van der Waals surface area contributed by atoms with Gasteiger partial charge in [0, 0.05) is 21.0 Å². The monoisotopic (exact) mass is 546 g/mol. The van der Waals surface area contributed by atoms with Crippen molar-refractivity contribution >= 4 is 28.6 Å². The molecular weight excluding hydrogens is 499 g/mol. The van der Waals surface area contributed by atoms with Gasteiger partial charge in [-0.3, -0.25) is 4.79 Å². The summed E-state index contributed by atoms with van der Waals surface area (Å²) in [5.41, 5.74) is 7.84. The smallest absolute Gasteiger partial charge is 0.300 e. The minimum absolute atomic E-state index is 0.729. The maximum Gasteiger partial charge on any atom is 0.300 e. The molecule has 0 aromatic carbocycles. The fourth-order valence-corrected chi connectivity index (χ4v) is 4.46. The van der Waals surface area contributed by atoms with Crippen LogP contribution >= 0.6 is 22.6 Å². The number of nitrogens with zero attached hydrogens (tertiary/aromatic N) is 2. The number of alkyl halides is 1. The Balaban J connectivity index is 0.000000394. The Kier molecular flexibility index (Phi) is 16.5. The molecule has 5 heteroatoms. The van der Waals surface area contributed by atoms with E-state index in [2.05, 4.69) is 60.5 Å². The zero-order valence-electron chi connectivity index (χ0n) is 21.2. The van der Waals surface area contributed by atoms with E-state index in [0.717, 1.165) is 18.3 Å². The van der Waals surface area contributed by atoms with E-state index in [-0.39, 0.29) is 0 Å². The third-order valence-corrected chi connectivity index (χ3v) is 7.39. The Morgan fingerprint density at radius 3 is 2.13 bits per heavy atom. The lowest BCUT2D eigenvalue weighted by atomic mass is 9.65. The van der Waals surface area contributed by atoms with Gasteiger partial charge in [-0.05, 0) is 93.3 Å². The summed E-state index contributed by atoms with van der Waals surface area (Å²) in [6, 6.07) is 0. The molecule has 1 unspecified atom stereocenters. The molecule has 0 spiro atoms. The number of carboxylic acids is 1. The van der Waals surface area contributed by atoms with Crippen LogP contribution in [0.15, 0.2) is 32.5 Å². The standard InChI is InChI=1S/C10H16.C9H14.C3H7I.C2H6N2.C2H4O2/c1-8-4-3-5-10(2)6-9(8)7-10;1-2-7-4-3-5-8-6-9(7)8;1-2-3-4;1-3-4-2;1-2(3)4/h3-7H2,1-2H3;8H,2-6H2,1H3;2-3H2,1H3;1-2H3;1H3,(H,3,4). The summed E-state index contributed by atoms with van der Waals surface area (Å²) >= 11 is 2.35. The lowest BCUT2D eigenvalue weighted by molar-refractivity contribution is -0.134. The molecule has 1 N–H and O–H groups in total. The second-order valence-electron chi connectivity index (χ2n) is 9.29. The molecule has 2 fully saturated rings. The molecule has 0 aromatic heterocycles. The van der Waals surface area contributed by atoms with Gasteiger partial charge in [-0.15, -0.1) is 0 Å². The highest BCUT2D eigenvalue weighted by molar-refractivity contribution is 14.1. The average Bonchev–Trinajstić information content (AvgIpc) is 3.54. The van der Waals surface area contributed by atoms with E-state index in [1.54, 1.807) is 30.8 Å². The minimum atomic E-state index is -0.833. The van der Waals surface area contributed by atoms with Gasteiger partial charge in [-0.2, -0.15) is 10.2 Å². The minimum Gasteiger partial charge on any atom is -0.481 e. The summed E-state index contributed by atoms with van der Waals surface area (Å²) in [6.07, 6.45) is 15.6. The maximum atomic E-state index is 9.00. The van der Waals surface area contributed by atoms with Crippen LogP contribution in [0.25, 0.3) is 0 Å². The van der Waals surface area contributed by atoms with Gasteiger partial charge in [0.1, 0.15) is 0 Å². The van der Waals surface area contributed by atoms with Gasteiger partial charge in [0.2, 0.25) is 0 Å². The second kappa shape index (κ2) is 16.8. The molecule has 0 amide bonds. The molecule has 0 radical (unpaired) electrons. The first-order valence-electron chi connectivity index (χ1n) is 12.0. The number of azo groups is 1. The molecule has 0 saturated heterocycles. The number of carboxylic acid groups (broad SMARTS) is 1. The molecule has 5 aliphatic rings.